The highest BCUT2D eigenvalue weighted by Gasteiger charge is 2.43. The Labute approximate surface area is 210 Å². The number of benzene rings is 2. The van der Waals surface area contributed by atoms with Gasteiger partial charge >= 0.3 is 6.09 Å². The van der Waals surface area contributed by atoms with Gasteiger partial charge in [0, 0.05) is 12.1 Å². The molecule has 2 amide bonds. The molecule has 2 heterocycles. The molecule has 4 rings (SSSR count). The van der Waals surface area contributed by atoms with E-state index >= 15 is 0 Å². The van der Waals surface area contributed by atoms with Crippen LogP contribution in [0.5, 0.6) is 0 Å². The van der Waals surface area contributed by atoms with Crippen molar-refractivity contribution in [2.24, 2.45) is 4.99 Å². The molecular formula is C28H31FN4O3. The van der Waals surface area contributed by atoms with Gasteiger partial charge in [-0.1, -0.05) is 29.8 Å². The molecule has 36 heavy (non-hydrogen) atoms. The van der Waals surface area contributed by atoms with Crippen LogP contribution in [0.15, 0.2) is 64.3 Å². The lowest BCUT2D eigenvalue weighted by atomic mass is 9.95. The Balaban J connectivity index is 1.87. The van der Waals surface area contributed by atoms with Crippen molar-refractivity contribution in [2.45, 2.75) is 46.3 Å². The Morgan fingerprint density at radius 1 is 1.14 bits per heavy atom. The molecule has 1 unspecified atom stereocenters. The lowest BCUT2D eigenvalue weighted by Gasteiger charge is -2.34. The van der Waals surface area contributed by atoms with Gasteiger partial charge in [-0.3, -0.25) is 14.7 Å². The monoisotopic (exact) mass is 490 g/mol. The van der Waals surface area contributed by atoms with E-state index in [1.807, 2.05) is 57.8 Å². The molecular weight excluding hydrogens is 459 g/mol. The Hall–Kier alpha value is -3.78. The second-order valence-electron chi connectivity index (χ2n) is 10.1. The summed E-state index contributed by atoms with van der Waals surface area (Å²) in [6.45, 7) is 13.3. The summed E-state index contributed by atoms with van der Waals surface area (Å²) in [7, 11) is 0. The minimum Gasteiger partial charge on any atom is -0.444 e. The van der Waals surface area contributed by atoms with Gasteiger partial charge in [0.25, 0.3) is 5.91 Å². The van der Waals surface area contributed by atoms with Crippen molar-refractivity contribution in [3.8, 4) is 0 Å². The number of hydrazine groups is 1. The van der Waals surface area contributed by atoms with Gasteiger partial charge in [-0.25, -0.2) is 19.6 Å². The highest BCUT2D eigenvalue weighted by molar-refractivity contribution is 5.92. The zero-order valence-corrected chi connectivity index (χ0v) is 21.3. The molecule has 0 bridgehead atoms. The first-order valence-electron chi connectivity index (χ1n) is 11.8. The highest BCUT2D eigenvalue weighted by atomic mass is 19.1. The van der Waals surface area contributed by atoms with E-state index in [9.17, 15) is 14.0 Å². The molecule has 1 atom stereocenters. The summed E-state index contributed by atoms with van der Waals surface area (Å²) in [5, 5.41) is 1.89. The van der Waals surface area contributed by atoms with Crippen LogP contribution in [0.25, 0.3) is 6.08 Å². The quantitative estimate of drug-likeness (QED) is 0.617. The Morgan fingerprint density at radius 2 is 1.83 bits per heavy atom. The lowest BCUT2D eigenvalue weighted by Crippen LogP contribution is -2.44. The number of nitrogens with one attached hydrogen (secondary N) is 1. The molecule has 2 aromatic carbocycles. The van der Waals surface area contributed by atoms with Crippen LogP contribution < -0.4 is 10.4 Å². The number of anilines is 1. The molecule has 0 aromatic heterocycles. The second-order valence-corrected chi connectivity index (χ2v) is 10.1. The van der Waals surface area contributed by atoms with Crippen molar-refractivity contribution >= 4 is 30.5 Å². The first kappa shape index (κ1) is 25.3. The number of nitrogens with zero attached hydrogens (tertiary/aromatic N) is 3. The third-order valence-electron chi connectivity index (χ3n) is 6.02. The van der Waals surface area contributed by atoms with E-state index in [2.05, 4.69) is 23.2 Å². The molecule has 2 aromatic rings. The van der Waals surface area contributed by atoms with E-state index in [-0.39, 0.29) is 18.9 Å². The number of halogens is 1. The summed E-state index contributed by atoms with van der Waals surface area (Å²) in [5.41, 5.74) is 8.65. The SMILES string of the molecule is C=NC(=O)C1NN(c2ccc(C)cc2C)C2=C1CN(C(=O)OC(C)(C)C)C/C2=C\c1ccc(F)cc1. The smallest absolute Gasteiger partial charge is 0.410 e. The van der Waals surface area contributed by atoms with E-state index in [1.54, 1.807) is 17.0 Å². The van der Waals surface area contributed by atoms with Crippen LogP contribution in [0.4, 0.5) is 14.9 Å². The molecule has 0 fully saturated rings. The van der Waals surface area contributed by atoms with Gasteiger partial charge in [0.2, 0.25) is 0 Å². The maximum atomic E-state index is 13.6. The van der Waals surface area contributed by atoms with Gasteiger partial charge in [0.05, 0.1) is 17.9 Å². The standard InChI is InChI=1S/C28H31FN4O3/c1-17-7-12-23(18(2)13-17)33-25-20(14-19-8-10-21(29)11-9-19)15-32(27(35)36-28(3,4)5)16-22(25)24(31-33)26(34)30-6/h7-14,24,31H,6,15-16H2,1-5H3/b20-14+. The van der Waals surface area contributed by atoms with Crippen LogP contribution in [0.3, 0.4) is 0 Å². The Kier molecular flexibility index (Phi) is 6.82. The Bertz CT molecular complexity index is 1270. The number of hydrogen-bond donors (Lipinski definition) is 1. The van der Waals surface area contributed by atoms with Gasteiger partial charge in [-0.2, -0.15) is 0 Å². The van der Waals surface area contributed by atoms with E-state index in [0.29, 0.717) is 5.57 Å². The van der Waals surface area contributed by atoms with Crippen molar-refractivity contribution in [1.82, 2.24) is 10.3 Å². The van der Waals surface area contributed by atoms with E-state index in [1.165, 1.54) is 12.1 Å². The number of carbonyl (C=O) groups is 2. The molecule has 0 spiro atoms. The zero-order valence-electron chi connectivity index (χ0n) is 21.3. The summed E-state index contributed by atoms with van der Waals surface area (Å²) in [6.07, 6.45) is 1.42. The zero-order chi connectivity index (χ0) is 26.2. The maximum absolute atomic E-state index is 13.6. The molecule has 0 saturated carbocycles. The molecule has 0 aliphatic carbocycles. The number of aliphatic imine (C=N–C) groups is 1. The molecule has 7 nitrogen and oxygen atoms in total. The predicted molar refractivity (Wildman–Crippen MR) is 139 cm³/mol. The van der Waals surface area contributed by atoms with Crippen LogP contribution in [-0.4, -0.2) is 48.4 Å². The number of hydrogen-bond acceptors (Lipinski definition) is 5. The first-order valence-corrected chi connectivity index (χ1v) is 11.8. The molecule has 0 radical (unpaired) electrons. The summed E-state index contributed by atoms with van der Waals surface area (Å²) < 4.78 is 19.2. The van der Waals surface area contributed by atoms with Gasteiger partial charge in [0.15, 0.2) is 0 Å². The summed E-state index contributed by atoms with van der Waals surface area (Å²) in [4.78, 5) is 31.2. The Morgan fingerprint density at radius 3 is 2.44 bits per heavy atom. The molecule has 2 aliphatic rings. The highest BCUT2D eigenvalue weighted by Crippen LogP contribution is 2.38. The van der Waals surface area contributed by atoms with Crippen LogP contribution in [0.1, 0.15) is 37.5 Å². The summed E-state index contributed by atoms with van der Waals surface area (Å²) in [6, 6.07) is 11.4. The average molecular weight is 491 g/mol. The fourth-order valence-electron chi connectivity index (χ4n) is 4.48. The molecule has 188 valence electrons. The van der Waals surface area contributed by atoms with E-state index in [0.717, 1.165) is 33.6 Å². The minimum atomic E-state index is -0.792. The number of rotatable bonds is 3. The normalized spacial score (nSPS) is 18.9. The van der Waals surface area contributed by atoms with Crippen molar-refractivity contribution in [2.75, 3.05) is 18.1 Å². The van der Waals surface area contributed by atoms with Crippen molar-refractivity contribution in [3.05, 3.63) is 81.8 Å². The number of amides is 2. The van der Waals surface area contributed by atoms with Gasteiger partial charge in [0.1, 0.15) is 17.5 Å². The summed E-state index contributed by atoms with van der Waals surface area (Å²) in [5.74, 6) is -0.778. The van der Waals surface area contributed by atoms with Crippen LogP contribution in [0, 0.1) is 19.7 Å². The second kappa shape index (κ2) is 9.70. The van der Waals surface area contributed by atoms with Crippen molar-refractivity contribution in [1.29, 1.82) is 0 Å². The fraction of sp³-hybridized carbons (Fsp3) is 0.321. The van der Waals surface area contributed by atoms with E-state index < -0.39 is 23.6 Å². The fourth-order valence-corrected chi connectivity index (χ4v) is 4.48. The molecule has 2 aliphatic heterocycles. The number of aryl methyl sites for hydroxylation is 2. The molecule has 8 heteroatoms. The molecule has 1 N–H and O–H groups in total. The summed E-state index contributed by atoms with van der Waals surface area (Å²) >= 11 is 0. The molecule has 0 saturated heterocycles. The maximum Gasteiger partial charge on any atom is 0.410 e. The predicted octanol–water partition coefficient (Wildman–Crippen LogP) is 4.95. The van der Waals surface area contributed by atoms with Gasteiger partial charge < -0.3 is 4.74 Å². The van der Waals surface area contributed by atoms with Gasteiger partial charge in [-0.15, -0.1) is 0 Å². The largest absolute Gasteiger partial charge is 0.444 e. The third-order valence-corrected chi connectivity index (χ3v) is 6.02. The van der Waals surface area contributed by atoms with Crippen LogP contribution in [0.2, 0.25) is 0 Å². The minimum absolute atomic E-state index is 0.186. The number of carbonyl (C=O) groups excluding carboxylic acids is 2. The van der Waals surface area contributed by atoms with Crippen LogP contribution in [-0.2, 0) is 9.53 Å². The van der Waals surface area contributed by atoms with Crippen molar-refractivity contribution < 1.29 is 18.7 Å². The topological polar surface area (TPSA) is 74.2 Å². The van der Waals surface area contributed by atoms with Crippen molar-refractivity contribution in [3.63, 3.8) is 0 Å². The number of ether oxygens (including phenoxy) is 1. The first-order chi connectivity index (χ1) is 17.0. The average Bonchev–Trinajstić information content (AvgIpc) is 3.18. The van der Waals surface area contributed by atoms with Crippen LogP contribution >= 0.6 is 0 Å². The van der Waals surface area contributed by atoms with E-state index in [4.69, 9.17) is 4.74 Å². The van der Waals surface area contributed by atoms with Gasteiger partial charge in [-0.05, 0) is 82.3 Å². The third kappa shape index (κ3) is 5.23. The lowest BCUT2D eigenvalue weighted by molar-refractivity contribution is -0.118.